The van der Waals surface area contributed by atoms with Gasteiger partial charge in [0.05, 0.1) is 0 Å². The molecule has 2 heterocycles. The maximum Gasteiger partial charge on any atom is 0.373 e. The highest BCUT2D eigenvalue weighted by Crippen LogP contribution is 2.00. The summed E-state index contributed by atoms with van der Waals surface area (Å²) in [4.78, 5) is 14.1. The van der Waals surface area contributed by atoms with Crippen LogP contribution in [0.15, 0.2) is 18.3 Å². The van der Waals surface area contributed by atoms with E-state index in [0.29, 0.717) is 5.65 Å². The number of fused-ring (bicyclic) bond motifs is 1. The van der Waals surface area contributed by atoms with Gasteiger partial charge in [-0.15, -0.1) is 0 Å². The molecule has 0 fully saturated rings. The zero-order valence-electron chi connectivity index (χ0n) is 5.48. The van der Waals surface area contributed by atoms with E-state index in [0.717, 1.165) is 0 Å². The summed E-state index contributed by atoms with van der Waals surface area (Å²) in [5.41, 5.74) is 0.613. The van der Waals surface area contributed by atoms with Gasteiger partial charge in [-0.25, -0.2) is 14.3 Å². The molecule has 0 spiro atoms. The zero-order chi connectivity index (χ0) is 7.84. The zero-order valence-corrected chi connectivity index (χ0v) is 5.48. The number of aromatic nitrogens is 3. The van der Waals surface area contributed by atoms with Crippen LogP contribution in [0.2, 0.25) is 0 Å². The third-order valence-electron chi connectivity index (χ3n) is 1.38. The van der Waals surface area contributed by atoms with E-state index in [9.17, 15) is 4.79 Å². The van der Waals surface area contributed by atoms with Crippen LogP contribution in [0.1, 0.15) is 10.6 Å². The van der Waals surface area contributed by atoms with Crippen molar-refractivity contribution >= 4 is 11.6 Å². The summed E-state index contributed by atoms with van der Waals surface area (Å²) in [6, 6.07) is 3.51. The molecular weight excluding hydrogens is 146 g/mol. The van der Waals surface area contributed by atoms with Gasteiger partial charge in [0.25, 0.3) is 0 Å². The summed E-state index contributed by atoms with van der Waals surface area (Å²) in [5.74, 6) is -1.09. The smallest absolute Gasteiger partial charge is 0.373 e. The van der Waals surface area contributed by atoms with Gasteiger partial charge in [-0.3, -0.25) is 5.10 Å². The summed E-state index contributed by atoms with van der Waals surface area (Å²) in [6.45, 7) is 0. The van der Waals surface area contributed by atoms with Crippen molar-refractivity contribution in [1.29, 1.82) is 0 Å². The van der Waals surface area contributed by atoms with Crippen LogP contribution in [-0.4, -0.2) is 25.7 Å². The third kappa shape index (κ3) is 0.778. The molecule has 0 radical (unpaired) electrons. The quantitative estimate of drug-likeness (QED) is 0.618. The van der Waals surface area contributed by atoms with Gasteiger partial charge in [0, 0.05) is 6.20 Å². The standard InChI is InChI=1S/C6H5N3O2/c10-6(11)5-7-4-2-1-3-9(4)8-5/h1-3H,(H,7,8)(H,10,11). The van der Waals surface area contributed by atoms with Gasteiger partial charge in [0.2, 0.25) is 5.82 Å². The molecule has 0 saturated carbocycles. The Kier molecular flexibility index (Phi) is 1.00. The summed E-state index contributed by atoms with van der Waals surface area (Å²) in [7, 11) is 0. The van der Waals surface area contributed by atoms with Crippen molar-refractivity contribution in [2.75, 3.05) is 0 Å². The number of aromatic carboxylic acids is 1. The van der Waals surface area contributed by atoms with Crippen LogP contribution < -0.4 is 0 Å². The van der Waals surface area contributed by atoms with Gasteiger partial charge in [0.1, 0.15) is 0 Å². The van der Waals surface area contributed by atoms with Crippen LogP contribution in [0.25, 0.3) is 5.65 Å². The largest absolute Gasteiger partial charge is 0.475 e. The van der Waals surface area contributed by atoms with Crippen LogP contribution in [0.4, 0.5) is 0 Å². The first-order valence-electron chi connectivity index (χ1n) is 3.04. The van der Waals surface area contributed by atoms with Gasteiger partial charge in [-0.2, -0.15) is 0 Å². The lowest BCUT2D eigenvalue weighted by molar-refractivity contribution is 0.0684. The first-order valence-corrected chi connectivity index (χ1v) is 3.04. The van der Waals surface area contributed by atoms with Gasteiger partial charge in [-0.1, -0.05) is 0 Å². The molecule has 0 atom stereocenters. The van der Waals surface area contributed by atoms with Gasteiger partial charge >= 0.3 is 5.97 Å². The van der Waals surface area contributed by atoms with Crippen molar-refractivity contribution in [3.8, 4) is 0 Å². The van der Waals surface area contributed by atoms with E-state index in [1.807, 2.05) is 0 Å². The molecule has 2 N–H and O–H groups in total. The molecule has 5 heteroatoms. The number of carbonyl (C=O) groups is 1. The van der Waals surface area contributed by atoms with Crippen LogP contribution in [0.3, 0.4) is 0 Å². The molecule has 0 unspecified atom stereocenters. The molecule has 56 valence electrons. The molecule has 0 aliphatic heterocycles. The molecular formula is C6H5N3O2. The average Bonchev–Trinajstić information content (AvgIpc) is 2.40. The summed E-state index contributed by atoms with van der Waals surface area (Å²) in [5, 5.41) is 11.1. The minimum absolute atomic E-state index is 0.0411. The molecule has 0 amide bonds. The molecule has 2 rings (SSSR count). The third-order valence-corrected chi connectivity index (χ3v) is 1.38. The van der Waals surface area contributed by atoms with Crippen LogP contribution >= 0.6 is 0 Å². The van der Waals surface area contributed by atoms with Crippen molar-refractivity contribution in [3.05, 3.63) is 24.2 Å². The second-order valence-corrected chi connectivity index (χ2v) is 2.11. The number of H-pyrrole nitrogens is 1. The fraction of sp³-hybridized carbons (Fsp3) is 0. The summed E-state index contributed by atoms with van der Waals surface area (Å²) in [6.07, 6.45) is 1.70. The van der Waals surface area contributed by atoms with Gasteiger partial charge in [-0.05, 0) is 12.1 Å². The number of nitrogens with zero attached hydrogens (tertiary/aromatic N) is 2. The minimum atomic E-state index is -1.05. The second-order valence-electron chi connectivity index (χ2n) is 2.11. The first-order chi connectivity index (χ1) is 5.27. The lowest BCUT2D eigenvalue weighted by atomic mass is 10.6. The van der Waals surface area contributed by atoms with E-state index in [1.54, 1.807) is 22.8 Å². The van der Waals surface area contributed by atoms with Crippen LogP contribution in [-0.2, 0) is 0 Å². The Hall–Kier alpha value is -1.78. The Bertz CT molecular complexity index is 372. The van der Waals surface area contributed by atoms with Crippen molar-refractivity contribution in [2.24, 2.45) is 0 Å². The lowest BCUT2D eigenvalue weighted by Crippen LogP contribution is -1.99. The van der Waals surface area contributed by atoms with Gasteiger partial charge in [0.15, 0.2) is 5.65 Å². The van der Waals surface area contributed by atoms with E-state index in [2.05, 4.69) is 10.1 Å². The summed E-state index contributed by atoms with van der Waals surface area (Å²) < 4.78 is 1.55. The molecule has 0 aromatic carbocycles. The fourth-order valence-electron chi connectivity index (χ4n) is 0.907. The van der Waals surface area contributed by atoms with Crippen LogP contribution in [0, 0.1) is 0 Å². The Morgan fingerprint density at radius 1 is 1.73 bits per heavy atom. The Morgan fingerprint density at radius 2 is 2.55 bits per heavy atom. The number of hydrogen-bond acceptors (Lipinski definition) is 2. The number of hydrogen-bond donors (Lipinski definition) is 2. The topological polar surface area (TPSA) is 70.4 Å². The monoisotopic (exact) mass is 151 g/mol. The minimum Gasteiger partial charge on any atom is -0.475 e. The van der Waals surface area contributed by atoms with E-state index in [1.165, 1.54) is 0 Å². The predicted octanol–water partition coefficient (Wildman–Crippen LogP) is 0.361. The Labute approximate surface area is 61.3 Å². The van der Waals surface area contributed by atoms with Crippen molar-refractivity contribution in [3.63, 3.8) is 0 Å². The van der Waals surface area contributed by atoms with Gasteiger partial charge < -0.3 is 5.11 Å². The normalized spacial score (nSPS) is 10.5. The van der Waals surface area contributed by atoms with Crippen LogP contribution in [0.5, 0.6) is 0 Å². The predicted molar refractivity (Wildman–Crippen MR) is 36.5 cm³/mol. The molecule has 5 nitrogen and oxygen atoms in total. The highest BCUT2D eigenvalue weighted by atomic mass is 16.4. The fourth-order valence-corrected chi connectivity index (χ4v) is 0.907. The van der Waals surface area contributed by atoms with E-state index in [-0.39, 0.29) is 5.82 Å². The average molecular weight is 151 g/mol. The molecule has 0 saturated heterocycles. The van der Waals surface area contributed by atoms with E-state index < -0.39 is 5.97 Å². The highest BCUT2D eigenvalue weighted by molar-refractivity contribution is 5.83. The van der Waals surface area contributed by atoms with Crippen molar-refractivity contribution in [2.45, 2.75) is 0 Å². The first kappa shape index (κ1) is 5.96. The van der Waals surface area contributed by atoms with E-state index >= 15 is 0 Å². The molecule has 0 aliphatic rings. The molecule has 0 bridgehead atoms. The summed E-state index contributed by atoms with van der Waals surface area (Å²) >= 11 is 0. The Morgan fingerprint density at radius 3 is 3.18 bits per heavy atom. The lowest BCUT2D eigenvalue weighted by Gasteiger charge is -1.81. The highest BCUT2D eigenvalue weighted by Gasteiger charge is 2.07. The molecule has 11 heavy (non-hydrogen) atoms. The number of aromatic amines is 1. The number of nitrogens with one attached hydrogen (secondary N) is 1. The number of carboxylic acid groups (broad SMARTS) is 1. The van der Waals surface area contributed by atoms with E-state index in [4.69, 9.17) is 5.11 Å². The second kappa shape index (κ2) is 1.85. The number of rotatable bonds is 1. The van der Waals surface area contributed by atoms with Crippen molar-refractivity contribution < 1.29 is 9.90 Å². The maximum absolute atomic E-state index is 10.4. The number of carboxylic acids is 1. The molecule has 0 aliphatic carbocycles. The van der Waals surface area contributed by atoms with Crippen molar-refractivity contribution in [1.82, 2.24) is 14.6 Å². The molecule has 2 aromatic rings. The molecule has 2 aromatic heterocycles. The maximum atomic E-state index is 10.4. The SMILES string of the molecule is O=C(O)c1nc2cccn2[nH]1. The Balaban J connectivity index is 2.67.